The molecule has 1 amide bonds. The third kappa shape index (κ3) is 3.30. The van der Waals surface area contributed by atoms with Crippen LogP contribution in [0.5, 0.6) is 5.75 Å². The molecule has 0 radical (unpaired) electrons. The number of methoxy groups -OCH3 is 1. The van der Waals surface area contributed by atoms with Crippen LogP contribution in [-0.2, 0) is 0 Å². The van der Waals surface area contributed by atoms with Crippen LogP contribution in [0.25, 0.3) is 0 Å². The van der Waals surface area contributed by atoms with Gasteiger partial charge < -0.3 is 20.3 Å². The van der Waals surface area contributed by atoms with E-state index in [4.69, 9.17) is 10.5 Å². The Balaban J connectivity index is 1.67. The second-order valence-electron chi connectivity index (χ2n) is 6.07. The number of nitrogen functional groups attached to an aromatic ring is 1. The van der Waals surface area contributed by atoms with Gasteiger partial charge in [0.2, 0.25) is 0 Å². The smallest absolute Gasteiger partial charge is 0.256 e. The standard InChI is InChI=1S/C19H23N3O2/c1-14-4-3-5-15(12-14)21-8-10-22(11-9-21)19(23)17-7-6-16(24-2)13-18(17)20/h3-7,12-13H,8-11,20H2,1-2H3. The van der Waals surface area contributed by atoms with Gasteiger partial charge in [-0.1, -0.05) is 12.1 Å². The number of amides is 1. The Morgan fingerprint density at radius 2 is 1.83 bits per heavy atom. The second kappa shape index (κ2) is 6.83. The molecule has 1 fully saturated rings. The fourth-order valence-corrected chi connectivity index (χ4v) is 3.03. The zero-order valence-corrected chi connectivity index (χ0v) is 14.2. The Labute approximate surface area is 142 Å². The largest absolute Gasteiger partial charge is 0.497 e. The van der Waals surface area contributed by atoms with Gasteiger partial charge in [-0.2, -0.15) is 0 Å². The van der Waals surface area contributed by atoms with Crippen molar-refractivity contribution in [2.75, 3.05) is 43.9 Å². The Kier molecular flexibility index (Phi) is 4.60. The molecule has 0 bridgehead atoms. The van der Waals surface area contributed by atoms with Crippen LogP contribution in [0.3, 0.4) is 0 Å². The van der Waals surface area contributed by atoms with Crippen molar-refractivity contribution in [3.63, 3.8) is 0 Å². The lowest BCUT2D eigenvalue weighted by atomic mass is 10.1. The van der Waals surface area contributed by atoms with E-state index in [-0.39, 0.29) is 5.91 Å². The summed E-state index contributed by atoms with van der Waals surface area (Å²) in [5, 5.41) is 0. The Hall–Kier alpha value is -2.69. The van der Waals surface area contributed by atoms with Crippen molar-refractivity contribution in [3.05, 3.63) is 53.6 Å². The van der Waals surface area contributed by atoms with Gasteiger partial charge in [-0.25, -0.2) is 0 Å². The van der Waals surface area contributed by atoms with Gasteiger partial charge in [0.05, 0.1) is 12.7 Å². The molecule has 1 aliphatic heterocycles. The predicted molar refractivity (Wildman–Crippen MR) is 96.7 cm³/mol. The number of hydrogen-bond donors (Lipinski definition) is 1. The van der Waals surface area contributed by atoms with Crippen molar-refractivity contribution in [3.8, 4) is 5.75 Å². The van der Waals surface area contributed by atoms with Gasteiger partial charge in [-0.05, 0) is 36.8 Å². The summed E-state index contributed by atoms with van der Waals surface area (Å²) in [6.07, 6.45) is 0. The Bertz CT molecular complexity index is 737. The third-order valence-corrected chi connectivity index (χ3v) is 4.42. The molecule has 2 aromatic rings. The predicted octanol–water partition coefficient (Wildman–Crippen LogP) is 2.55. The molecule has 1 aliphatic rings. The first-order valence-electron chi connectivity index (χ1n) is 8.13. The summed E-state index contributed by atoms with van der Waals surface area (Å²) in [5.74, 6) is 0.646. The third-order valence-electron chi connectivity index (χ3n) is 4.42. The number of ether oxygens (including phenoxy) is 1. The SMILES string of the molecule is COc1ccc(C(=O)N2CCN(c3cccc(C)c3)CC2)c(N)c1. The molecular formula is C19H23N3O2. The van der Waals surface area contributed by atoms with E-state index >= 15 is 0 Å². The van der Waals surface area contributed by atoms with Gasteiger partial charge in [0.1, 0.15) is 5.75 Å². The van der Waals surface area contributed by atoms with E-state index in [0.29, 0.717) is 30.1 Å². The lowest BCUT2D eigenvalue weighted by Gasteiger charge is -2.36. The van der Waals surface area contributed by atoms with Crippen LogP contribution >= 0.6 is 0 Å². The van der Waals surface area contributed by atoms with Gasteiger partial charge >= 0.3 is 0 Å². The summed E-state index contributed by atoms with van der Waals surface area (Å²) in [7, 11) is 1.58. The fraction of sp³-hybridized carbons (Fsp3) is 0.316. The maximum absolute atomic E-state index is 12.7. The average Bonchev–Trinajstić information content (AvgIpc) is 2.61. The van der Waals surface area contributed by atoms with Crippen molar-refractivity contribution >= 4 is 17.3 Å². The van der Waals surface area contributed by atoms with Crippen LogP contribution in [0, 0.1) is 6.92 Å². The molecule has 3 rings (SSSR count). The van der Waals surface area contributed by atoms with E-state index in [1.807, 2.05) is 4.90 Å². The van der Waals surface area contributed by atoms with Crippen LogP contribution in [0.4, 0.5) is 11.4 Å². The highest BCUT2D eigenvalue weighted by molar-refractivity contribution is 5.99. The molecule has 0 atom stereocenters. The van der Waals surface area contributed by atoms with Gasteiger partial charge in [-0.15, -0.1) is 0 Å². The first-order valence-corrected chi connectivity index (χ1v) is 8.13. The Morgan fingerprint density at radius 3 is 2.46 bits per heavy atom. The molecule has 126 valence electrons. The number of hydrogen-bond acceptors (Lipinski definition) is 4. The number of anilines is 2. The number of aryl methyl sites for hydroxylation is 1. The highest BCUT2D eigenvalue weighted by Gasteiger charge is 2.23. The summed E-state index contributed by atoms with van der Waals surface area (Å²) in [6.45, 7) is 5.13. The summed E-state index contributed by atoms with van der Waals surface area (Å²) in [4.78, 5) is 16.9. The molecule has 24 heavy (non-hydrogen) atoms. The number of nitrogens with two attached hydrogens (primary N) is 1. The zero-order chi connectivity index (χ0) is 17.1. The molecule has 5 heteroatoms. The quantitative estimate of drug-likeness (QED) is 0.881. The van der Waals surface area contributed by atoms with Crippen LogP contribution in [0.15, 0.2) is 42.5 Å². The number of carbonyl (C=O) groups is 1. The van der Waals surface area contributed by atoms with Gasteiger partial charge in [0.25, 0.3) is 5.91 Å². The Morgan fingerprint density at radius 1 is 1.08 bits per heavy atom. The minimum Gasteiger partial charge on any atom is -0.497 e. The molecule has 5 nitrogen and oxygen atoms in total. The van der Waals surface area contributed by atoms with Crippen molar-refractivity contribution in [2.24, 2.45) is 0 Å². The maximum atomic E-state index is 12.7. The van der Waals surface area contributed by atoms with Crippen molar-refractivity contribution < 1.29 is 9.53 Å². The second-order valence-corrected chi connectivity index (χ2v) is 6.07. The van der Waals surface area contributed by atoms with E-state index < -0.39 is 0 Å². The van der Waals surface area contributed by atoms with Gasteiger partial charge in [0, 0.05) is 43.6 Å². The molecule has 0 aromatic heterocycles. The fourth-order valence-electron chi connectivity index (χ4n) is 3.03. The van der Waals surface area contributed by atoms with Crippen LogP contribution < -0.4 is 15.4 Å². The molecule has 2 aromatic carbocycles. The molecule has 0 unspecified atom stereocenters. The van der Waals surface area contributed by atoms with Crippen LogP contribution in [0.1, 0.15) is 15.9 Å². The van der Waals surface area contributed by atoms with Crippen molar-refractivity contribution in [1.82, 2.24) is 4.90 Å². The summed E-state index contributed by atoms with van der Waals surface area (Å²) in [6, 6.07) is 13.7. The maximum Gasteiger partial charge on any atom is 0.256 e. The van der Waals surface area contributed by atoms with Crippen molar-refractivity contribution in [2.45, 2.75) is 6.92 Å². The summed E-state index contributed by atoms with van der Waals surface area (Å²) < 4.78 is 5.14. The van der Waals surface area contributed by atoms with E-state index in [2.05, 4.69) is 36.1 Å². The summed E-state index contributed by atoms with van der Waals surface area (Å²) in [5.41, 5.74) is 9.46. The summed E-state index contributed by atoms with van der Waals surface area (Å²) >= 11 is 0. The number of rotatable bonds is 3. The molecular weight excluding hydrogens is 302 g/mol. The van der Waals surface area contributed by atoms with Crippen LogP contribution in [-0.4, -0.2) is 44.1 Å². The minimum atomic E-state index is -0.0148. The first-order chi connectivity index (χ1) is 11.6. The van der Waals surface area contributed by atoms with E-state index in [0.717, 1.165) is 13.1 Å². The lowest BCUT2D eigenvalue weighted by Crippen LogP contribution is -2.48. The van der Waals surface area contributed by atoms with Crippen molar-refractivity contribution in [1.29, 1.82) is 0 Å². The molecule has 0 saturated carbocycles. The molecule has 0 aliphatic carbocycles. The van der Waals surface area contributed by atoms with E-state index in [1.165, 1.54) is 11.3 Å². The van der Waals surface area contributed by atoms with E-state index in [9.17, 15) is 4.79 Å². The molecule has 1 heterocycles. The highest BCUT2D eigenvalue weighted by atomic mass is 16.5. The lowest BCUT2D eigenvalue weighted by molar-refractivity contribution is 0.0748. The van der Waals surface area contributed by atoms with Gasteiger partial charge in [-0.3, -0.25) is 4.79 Å². The normalized spacial score (nSPS) is 14.6. The van der Waals surface area contributed by atoms with Crippen LogP contribution in [0.2, 0.25) is 0 Å². The number of benzene rings is 2. The monoisotopic (exact) mass is 325 g/mol. The topological polar surface area (TPSA) is 58.8 Å². The number of piperazine rings is 1. The van der Waals surface area contributed by atoms with Gasteiger partial charge in [0.15, 0.2) is 0 Å². The molecule has 2 N–H and O–H groups in total. The zero-order valence-electron chi connectivity index (χ0n) is 14.2. The van der Waals surface area contributed by atoms with E-state index in [1.54, 1.807) is 25.3 Å². The first kappa shape index (κ1) is 16.2. The minimum absolute atomic E-state index is 0.0148. The average molecular weight is 325 g/mol. The highest BCUT2D eigenvalue weighted by Crippen LogP contribution is 2.23. The molecule has 0 spiro atoms. The number of carbonyl (C=O) groups excluding carboxylic acids is 1. The molecule has 1 saturated heterocycles. The number of nitrogens with zero attached hydrogens (tertiary/aromatic N) is 2.